The number of rotatable bonds is 4. The van der Waals surface area contributed by atoms with Gasteiger partial charge in [0.1, 0.15) is 5.82 Å². The molecule has 1 fully saturated rings. The molecule has 4 nitrogen and oxygen atoms in total. The highest BCUT2D eigenvalue weighted by molar-refractivity contribution is 7.99. The molecular weight excluding hydrogens is 282 g/mol. The average molecular weight is 303 g/mol. The number of thioether (sulfide) groups is 1. The largest absolute Gasteiger partial charge is 0.341 e. The highest BCUT2D eigenvalue weighted by Gasteiger charge is 2.17. The van der Waals surface area contributed by atoms with Gasteiger partial charge in [0, 0.05) is 44.0 Å². The lowest BCUT2D eigenvalue weighted by Gasteiger charge is -2.26. The summed E-state index contributed by atoms with van der Waals surface area (Å²) in [5.74, 6) is 3.48. The van der Waals surface area contributed by atoms with Crippen LogP contribution in [-0.4, -0.2) is 45.0 Å². The minimum atomic E-state index is 0.273. The predicted octanol–water partition coefficient (Wildman–Crippen LogP) is 2.56. The summed E-state index contributed by atoms with van der Waals surface area (Å²) in [4.78, 5) is 19.0. The summed E-state index contributed by atoms with van der Waals surface area (Å²) >= 11 is 1.93. The zero-order valence-electron chi connectivity index (χ0n) is 12.4. The van der Waals surface area contributed by atoms with Crippen LogP contribution in [0.25, 0.3) is 11.0 Å². The molecule has 3 rings (SSSR count). The quantitative estimate of drug-likeness (QED) is 0.871. The van der Waals surface area contributed by atoms with E-state index in [-0.39, 0.29) is 5.91 Å². The summed E-state index contributed by atoms with van der Waals surface area (Å²) in [5, 5.41) is 0. The van der Waals surface area contributed by atoms with E-state index in [1.54, 1.807) is 0 Å². The smallest absolute Gasteiger partial charge is 0.224 e. The third kappa shape index (κ3) is 3.07. The van der Waals surface area contributed by atoms with Gasteiger partial charge in [-0.25, -0.2) is 4.98 Å². The number of benzene rings is 1. The third-order valence-electron chi connectivity index (χ3n) is 3.96. The number of carbonyl (C=O) groups excluding carboxylic acids is 1. The summed E-state index contributed by atoms with van der Waals surface area (Å²) in [5.41, 5.74) is 2.16. The molecule has 1 aliphatic heterocycles. The summed E-state index contributed by atoms with van der Waals surface area (Å²) < 4.78 is 2.20. The van der Waals surface area contributed by atoms with Gasteiger partial charge in [-0.1, -0.05) is 19.1 Å². The number of nitrogens with zero attached hydrogens (tertiary/aromatic N) is 3. The van der Waals surface area contributed by atoms with Gasteiger partial charge in [-0.05, 0) is 12.1 Å². The lowest BCUT2D eigenvalue weighted by atomic mass is 10.3. The fraction of sp³-hybridized carbons (Fsp3) is 0.500. The first-order valence-electron chi connectivity index (χ1n) is 7.59. The van der Waals surface area contributed by atoms with Gasteiger partial charge in [-0.3, -0.25) is 4.79 Å². The van der Waals surface area contributed by atoms with Crippen LogP contribution in [0.1, 0.15) is 19.2 Å². The number of imidazole rings is 1. The first-order chi connectivity index (χ1) is 10.3. The highest BCUT2D eigenvalue weighted by atomic mass is 32.2. The second-order valence-corrected chi connectivity index (χ2v) is 6.49. The van der Waals surface area contributed by atoms with Gasteiger partial charge in [0.25, 0.3) is 0 Å². The van der Waals surface area contributed by atoms with E-state index >= 15 is 0 Å². The van der Waals surface area contributed by atoms with Crippen LogP contribution >= 0.6 is 11.8 Å². The topological polar surface area (TPSA) is 38.1 Å². The molecule has 0 radical (unpaired) electrons. The monoisotopic (exact) mass is 303 g/mol. The molecule has 1 aliphatic rings. The van der Waals surface area contributed by atoms with Crippen molar-refractivity contribution in [3.05, 3.63) is 30.1 Å². The van der Waals surface area contributed by atoms with E-state index in [2.05, 4.69) is 22.5 Å². The molecule has 1 aromatic carbocycles. The molecule has 112 valence electrons. The number of hydrogen-bond acceptors (Lipinski definition) is 3. The minimum Gasteiger partial charge on any atom is -0.341 e. The lowest BCUT2D eigenvalue weighted by Crippen LogP contribution is -2.38. The van der Waals surface area contributed by atoms with E-state index in [1.807, 2.05) is 34.9 Å². The summed E-state index contributed by atoms with van der Waals surface area (Å²) in [6.45, 7) is 4.64. The Morgan fingerprint density at radius 3 is 2.81 bits per heavy atom. The molecule has 2 aromatic rings. The SMILES string of the molecule is CCc1nc2ccccc2n1CCC(=O)N1CCSCC1. The van der Waals surface area contributed by atoms with Crippen LogP contribution in [0.4, 0.5) is 0 Å². The van der Waals surface area contributed by atoms with Crippen molar-refractivity contribution >= 4 is 28.7 Å². The minimum absolute atomic E-state index is 0.273. The van der Waals surface area contributed by atoms with Crippen LogP contribution in [-0.2, 0) is 17.8 Å². The molecule has 5 heteroatoms. The van der Waals surface area contributed by atoms with Crippen LogP contribution in [0.3, 0.4) is 0 Å². The van der Waals surface area contributed by atoms with E-state index in [4.69, 9.17) is 0 Å². The average Bonchev–Trinajstić information content (AvgIpc) is 2.91. The van der Waals surface area contributed by atoms with Crippen LogP contribution < -0.4 is 0 Å². The molecule has 0 spiro atoms. The van der Waals surface area contributed by atoms with Crippen LogP contribution in [0, 0.1) is 0 Å². The van der Waals surface area contributed by atoms with Crippen molar-refractivity contribution in [3.8, 4) is 0 Å². The second kappa shape index (κ2) is 6.52. The Morgan fingerprint density at radius 2 is 2.05 bits per heavy atom. The van der Waals surface area contributed by atoms with Crippen molar-refractivity contribution in [2.45, 2.75) is 26.3 Å². The van der Waals surface area contributed by atoms with Gasteiger partial charge in [0.2, 0.25) is 5.91 Å². The number of hydrogen-bond donors (Lipinski definition) is 0. The first kappa shape index (κ1) is 14.4. The summed E-state index contributed by atoms with van der Waals surface area (Å²) in [7, 11) is 0. The normalized spacial score (nSPS) is 15.6. The molecule has 0 saturated carbocycles. The molecule has 1 saturated heterocycles. The van der Waals surface area contributed by atoms with E-state index in [0.717, 1.165) is 54.4 Å². The van der Waals surface area contributed by atoms with Gasteiger partial charge in [0.15, 0.2) is 0 Å². The van der Waals surface area contributed by atoms with E-state index in [0.29, 0.717) is 6.42 Å². The van der Waals surface area contributed by atoms with Gasteiger partial charge in [0.05, 0.1) is 11.0 Å². The third-order valence-corrected chi connectivity index (χ3v) is 4.91. The van der Waals surface area contributed by atoms with Crippen LogP contribution in [0.5, 0.6) is 0 Å². The van der Waals surface area contributed by atoms with E-state index < -0.39 is 0 Å². The maximum atomic E-state index is 12.3. The standard InChI is InChI=1S/C16H21N3OS/c1-2-15-17-13-5-3-4-6-14(13)19(15)8-7-16(20)18-9-11-21-12-10-18/h3-6H,2,7-12H2,1H3. The molecule has 0 atom stereocenters. The molecule has 0 bridgehead atoms. The predicted molar refractivity (Wildman–Crippen MR) is 87.6 cm³/mol. The molecule has 0 unspecified atom stereocenters. The van der Waals surface area contributed by atoms with Gasteiger partial charge < -0.3 is 9.47 Å². The fourth-order valence-electron chi connectivity index (χ4n) is 2.82. The van der Waals surface area contributed by atoms with Crippen molar-refractivity contribution in [2.75, 3.05) is 24.6 Å². The Morgan fingerprint density at radius 1 is 1.29 bits per heavy atom. The Bertz CT molecular complexity index is 631. The number of aromatic nitrogens is 2. The van der Waals surface area contributed by atoms with Gasteiger partial charge in [-0.2, -0.15) is 11.8 Å². The van der Waals surface area contributed by atoms with Crippen molar-refractivity contribution in [1.82, 2.24) is 14.5 Å². The first-order valence-corrected chi connectivity index (χ1v) is 8.74. The molecule has 1 amide bonds. The van der Waals surface area contributed by atoms with Crippen LogP contribution in [0.15, 0.2) is 24.3 Å². The zero-order valence-corrected chi connectivity index (χ0v) is 13.2. The Hall–Kier alpha value is -1.49. The lowest BCUT2D eigenvalue weighted by molar-refractivity contribution is -0.131. The van der Waals surface area contributed by atoms with Crippen LogP contribution in [0.2, 0.25) is 0 Å². The number of carbonyl (C=O) groups is 1. The Kier molecular flexibility index (Phi) is 4.48. The number of para-hydroxylation sites is 2. The molecule has 21 heavy (non-hydrogen) atoms. The molecule has 1 aromatic heterocycles. The number of amides is 1. The summed E-state index contributed by atoms with van der Waals surface area (Å²) in [6, 6.07) is 8.16. The maximum Gasteiger partial charge on any atom is 0.224 e. The van der Waals surface area contributed by atoms with E-state index in [1.165, 1.54) is 0 Å². The maximum absolute atomic E-state index is 12.3. The molecule has 0 N–H and O–H groups in total. The second-order valence-electron chi connectivity index (χ2n) is 5.27. The highest BCUT2D eigenvalue weighted by Crippen LogP contribution is 2.17. The Balaban J connectivity index is 1.73. The number of fused-ring (bicyclic) bond motifs is 1. The molecule has 2 heterocycles. The van der Waals surface area contributed by atoms with Crippen molar-refractivity contribution < 1.29 is 4.79 Å². The van der Waals surface area contributed by atoms with Crippen molar-refractivity contribution in [3.63, 3.8) is 0 Å². The zero-order chi connectivity index (χ0) is 14.7. The van der Waals surface area contributed by atoms with Gasteiger partial charge >= 0.3 is 0 Å². The molecular formula is C16H21N3OS. The van der Waals surface area contributed by atoms with Crippen molar-refractivity contribution in [1.29, 1.82) is 0 Å². The summed E-state index contributed by atoms with van der Waals surface area (Å²) in [6.07, 6.45) is 1.46. The molecule has 0 aliphatic carbocycles. The van der Waals surface area contributed by atoms with E-state index in [9.17, 15) is 4.79 Å². The van der Waals surface area contributed by atoms with Gasteiger partial charge in [-0.15, -0.1) is 0 Å². The Labute approximate surface area is 129 Å². The fourth-order valence-corrected chi connectivity index (χ4v) is 3.73. The van der Waals surface area contributed by atoms with Crippen molar-refractivity contribution in [2.24, 2.45) is 0 Å². The number of aryl methyl sites for hydroxylation is 2.